The first-order chi connectivity index (χ1) is 11.6. The number of thioether (sulfide) groups is 1. The molecule has 1 N–H and O–H groups in total. The predicted octanol–water partition coefficient (Wildman–Crippen LogP) is 2.97. The monoisotopic (exact) mass is 352 g/mol. The van der Waals surface area contributed by atoms with Crippen LogP contribution in [-0.4, -0.2) is 35.9 Å². The molecule has 5 nitrogen and oxygen atoms in total. The molecule has 1 amide bonds. The molecule has 2 heterocycles. The van der Waals surface area contributed by atoms with E-state index in [1.54, 1.807) is 12.1 Å². The number of fused-ring (bicyclic) bond motifs is 1. The first-order valence-electron chi connectivity index (χ1n) is 7.20. The van der Waals surface area contributed by atoms with Gasteiger partial charge in [-0.2, -0.15) is 8.78 Å². The Hall–Kier alpha value is -2.35. The van der Waals surface area contributed by atoms with Gasteiger partial charge in [-0.05, 0) is 36.0 Å². The molecule has 1 aromatic heterocycles. The Morgan fingerprint density at radius 1 is 1.29 bits per heavy atom. The number of hydrogen-bond acceptors (Lipinski definition) is 5. The van der Waals surface area contributed by atoms with Crippen LogP contribution in [0.3, 0.4) is 0 Å². The van der Waals surface area contributed by atoms with Crippen molar-refractivity contribution in [3.8, 4) is 11.5 Å². The van der Waals surface area contributed by atoms with Crippen molar-refractivity contribution in [2.75, 3.05) is 13.2 Å². The van der Waals surface area contributed by atoms with E-state index in [2.05, 4.69) is 10.3 Å². The number of ether oxygens (including phenoxy) is 2. The number of nitrogens with one attached hydrogen (secondary N) is 1. The molecule has 1 atom stereocenters. The summed E-state index contributed by atoms with van der Waals surface area (Å²) in [5.74, 6) is -1.85. The lowest BCUT2D eigenvalue weighted by Crippen LogP contribution is -2.40. The van der Waals surface area contributed by atoms with Crippen LogP contribution in [0.15, 0.2) is 47.6 Å². The number of alkyl halides is 2. The quantitative estimate of drug-likeness (QED) is 0.839. The molecule has 24 heavy (non-hydrogen) atoms. The van der Waals surface area contributed by atoms with Gasteiger partial charge in [-0.25, -0.2) is 4.98 Å². The Morgan fingerprint density at radius 3 is 2.88 bits per heavy atom. The van der Waals surface area contributed by atoms with Crippen LogP contribution in [0, 0.1) is 0 Å². The van der Waals surface area contributed by atoms with E-state index in [-0.39, 0.29) is 35.0 Å². The maximum Gasteiger partial charge on any atom is 0.290 e. The van der Waals surface area contributed by atoms with Gasteiger partial charge in [-0.3, -0.25) is 4.79 Å². The van der Waals surface area contributed by atoms with Crippen molar-refractivity contribution in [1.82, 2.24) is 10.3 Å². The van der Waals surface area contributed by atoms with E-state index in [1.807, 2.05) is 12.1 Å². The number of amides is 1. The van der Waals surface area contributed by atoms with Crippen molar-refractivity contribution in [1.29, 1.82) is 0 Å². The van der Waals surface area contributed by atoms with Gasteiger partial charge in [-0.1, -0.05) is 12.1 Å². The van der Waals surface area contributed by atoms with Crippen molar-refractivity contribution >= 4 is 17.7 Å². The average Bonchev–Trinajstić information content (AvgIpc) is 2.59. The molecule has 3 rings (SSSR count). The number of carbonyl (C=O) groups is 1. The predicted molar refractivity (Wildman–Crippen MR) is 84.8 cm³/mol. The first-order valence-corrected chi connectivity index (χ1v) is 8.08. The summed E-state index contributed by atoms with van der Waals surface area (Å²) in [4.78, 5) is 16.1. The Kier molecular flexibility index (Phi) is 5.14. The highest BCUT2D eigenvalue weighted by molar-refractivity contribution is 7.99. The van der Waals surface area contributed by atoms with E-state index in [9.17, 15) is 13.6 Å². The third-order valence-electron chi connectivity index (χ3n) is 3.27. The SMILES string of the molecule is O=C(NC[C@@H]1COc2ccccc2O1)c1cccnc1SC(F)F. The van der Waals surface area contributed by atoms with Crippen LogP contribution in [0.4, 0.5) is 8.78 Å². The smallest absolute Gasteiger partial charge is 0.290 e. The number of hydrogen-bond donors (Lipinski definition) is 1. The van der Waals surface area contributed by atoms with E-state index in [1.165, 1.54) is 18.3 Å². The highest BCUT2D eigenvalue weighted by Gasteiger charge is 2.22. The zero-order valence-corrected chi connectivity index (χ0v) is 13.3. The van der Waals surface area contributed by atoms with Crippen molar-refractivity contribution in [2.24, 2.45) is 0 Å². The number of benzene rings is 1. The molecule has 1 aliphatic heterocycles. The minimum Gasteiger partial charge on any atom is -0.486 e. The van der Waals surface area contributed by atoms with E-state index in [0.29, 0.717) is 18.1 Å². The molecule has 0 spiro atoms. The van der Waals surface area contributed by atoms with E-state index < -0.39 is 11.7 Å². The van der Waals surface area contributed by atoms with Gasteiger partial charge in [-0.15, -0.1) is 0 Å². The normalized spacial score (nSPS) is 16.0. The maximum absolute atomic E-state index is 12.5. The summed E-state index contributed by atoms with van der Waals surface area (Å²) < 4.78 is 36.4. The second kappa shape index (κ2) is 7.48. The third kappa shape index (κ3) is 3.94. The molecule has 0 saturated carbocycles. The third-order valence-corrected chi connectivity index (χ3v) is 4.00. The van der Waals surface area contributed by atoms with Crippen LogP contribution in [0.5, 0.6) is 11.5 Å². The van der Waals surface area contributed by atoms with Gasteiger partial charge in [0, 0.05) is 6.20 Å². The second-order valence-electron chi connectivity index (χ2n) is 4.94. The molecule has 8 heteroatoms. The number of halogens is 2. The van der Waals surface area contributed by atoms with Gasteiger partial charge in [0.1, 0.15) is 17.7 Å². The Morgan fingerprint density at radius 2 is 2.08 bits per heavy atom. The Balaban J connectivity index is 1.61. The number of para-hydroxylation sites is 2. The molecule has 0 aliphatic carbocycles. The first kappa shape index (κ1) is 16.5. The summed E-state index contributed by atoms with van der Waals surface area (Å²) in [5, 5.41) is 2.67. The van der Waals surface area contributed by atoms with E-state index in [0.717, 1.165) is 0 Å². The zero-order chi connectivity index (χ0) is 16.9. The standard InChI is InChI=1S/C16H14F2N2O3S/c17-16(18)24-15-11(4-3-7-19-15)14(21)20-8-10-9-22-12-5-1-2-6-13(12)23-10/h1-7,10,16H,8-9H2,(H,20,21)/t10-/m1/s1. The molecule has 0 saturated heterocycles. The topological polar surface area (TPSA) is 60.5 Å². The highest BCUT2D eigenvalue weighted by atomic mass is 32.2. The molecule has 0 fully saturated rings. The van der Waals surface area contributed by atoms with Gasteiger partial charge in [0.2, 0.25) is 0 Å². The average molecular weight is 352 g/mol. The fraction of sp³-hybridized carbons (Fsp3) is 0.250. The lowest BCUT2D eigenvalue weighted by atomic mass is 10.2. The van der Waals surface area contributed by atoms with Gasteiger partial charge in [0.05, 0.1) is 12.1 Å². The molecule has 1 aromatic carbocycles. The van der Waals surface area contributed by atoms with Crippen molar-refractivity contribution < 1.29 is 23.0 Å². The highest BCUT2D eigenvalue weighted by Crippen LogP contribution is 2.30. The molecule has 126 valence electrons. The van der Waals surface area contributed by atoms with Crippen LogP contribution in [0.25, 0.3) is 0 Å². The van der Waals surface area contributed by atoms with Gasteiger partial charge >= 0.3 is 0 Å². The van der Waals surface area contributed by atoms with E-state index in [4.69, 9.17) is 9.47 Å². The number of nitrogens with zero attached hydrogens (tertiary/aromatic N) is 1. The van der Waals surface area contributed by atoms with Gasteiger partial charge in [0.15, 0.2) is 11.5 Å². The minimum absolute atomic E-state index is 0.00356. The Bertz CT molecular complexity index is 730. The minimum atomic E-state index is -2.64. The van der Waals surface area contributed by atoms with Crippen LogP contribution in [0.1, 0.15) is 10.4 Å². The van der Waals surface area contributed by atoms with Crippen molar-refractivity contribution in [2.45, 2.75) is 16.9 Å². The summed E-state index contributed by atoms with van der Waals surface area (Å²) in [5.41, 5.74) is 0.111. The van der Waals surface area contributed by atoms with Crippen LogP contribution in [-0.2, 0) is 0 Å². The van der Waals surface area contributed by atoms with Gasteiger partial charge < -0.3 is 14.8 Å². The van der Waals surface area contributed by atoms with Crippen LogP contribution in [0.2, 0.25) is 0 Å². The summed E-state index contributed by atoms with van der Waals surface area (Å²) in [7, 11) is 0. The molecule has 2 aromatic rings. The summed E-state index contributed by atoms with van der Waals surface area (Å²) in [6.45, 7) is 0.490. The molecule has 0 bridgehead atoms. The summed E-state index contributed by atoms with van der Waals surface area (Å²) >= 11 is 0.244. The van der Waals surface area contributed by atoms with Gasteiger partial charge in [0.25, 0.3) is 11.7 Å². The summed E-state index contributed by atoms with van der Waals surface area (Å²) in [6.07, 6.45) is 1.02. The zero-order valence-electron chi connectivity index (χ0n) is 12.4. The van der Waals surface area contributed by atoms with Crippen molar-refractivity contribution in [3.63, 3.8) is 0 Å². The maximum atomic E-state index is 12.5. The molecule has 0 radical (unpaired) electrons. The number of aromatic nitrogens is 1. The molecule has 1 aliphatic rings. The lowest BCUT2D eigenvalue weighted by Gasteiger charge is -2.26. The number of carbonyl (C=O) groups excluding carboxylic acids is 1. The van der Waals surface area contributed by atoms with Crippen LogP contribution >= 0.6 is 11.8 Å². The fourth-order valence-electron chi connectivity index (χ4n) is 2.21. The van der Waals surface area contributed by atoms with E-state index >= 15 is 0 Å². The summed E-state index contributed by atoms with van der Waals surface area (Å²) in [6, 6.07) is 10.2. The number of rotatable bonds is 5. The fourth-order valence-corrected chi connectivity index (χ4v) is 2.79. The van der Waals surface area contributed by atoms with Crippen LogP contribution < -0.4 is 14.8 Å². The molecule has 0 unspecified atom stereocenters. The lowest BCUT2D eigenvalue weighted by molar-refractivity contribution is 0.0787. The number of pyridine rings is 1. The Labute approximate surface area is 141 Å². The van der Waals surface area contributed by atoms with Crippen molar-refractivity contribution in [3.05, 3.63) is 48.2 Å². The second-order valence-corrected chi connectivity index (χ2v) is 5.92. The largest absolute Gasteiger partial charge is 0.486 e. The molecular weight excluding hydrogens is 338 g/mol. The molecular formula is C16H14F2N2O3S.